The Morgan fingerprint density at radius 3 is 2.67 bits per heavy atom. The van der Waals surface area contributed by atoms with Gasteiger partial charge in [-0.15, -0.1) is 11.3 Å². The molecule has 3 nitrogen and oxygen atoms in total. The van der Waals surface area contributed by atoms with Crippen molar-refractivity contribution >= 4 is 16.9 Å². The number of rotatable bonds is 3. The second-order valence-electron chi connectivity index (χ2n) is 9.10. The zero-order valence-corrected chi connectivity index (χ0v) is 19.1. The average Bonchev–Trinajstić information content (AvgIpc) is 3.20. The van der Waals surface area contributed by atoms with Crippen molar-refractivity contribution in [3.8, 4) is 10.8 Å². The van der Waals surface area contributed by atoms with E-state index in [9.17, 15) is 0 Å². The summed E-state index contributed by atoms with van der Waals surface area (Å²) < 4.78 is 11.3. The van der Waals surface area contributed by atoms with E-state index in [0.29, 0.717) is 17.9 Å². The molecule has 0 saturated carbocycles. The van der Waals surface area contributed by atoms with Crippen LogP contribution in [0.5, 0.6) is 10.8 Å². The van der Waals surface area contributed by atoms with Crippen molar-refractivity contribution in [1.82, 2.24) is 5.32 Å². The predicted molar refractivity (Wildman–Crippen MR) is 125 cm³/mol. The van der Waals surface area contributed by atoms with Crippen molar-refractivity contribution in [3.05, 3.63) is 75.7 Å². The molecule has 156 valence electrons. The Morgan fingerprint density at radius 1 is 1.10 bits per heavy atom. The van der Waals surface area contributed by atoms with Gasteiger partial charge in [0.25, 0.3) is 0 Å². The molecule has 0 spiro atoms. The van der Waals surface area contributed by atoms with E-state index in [4.69, 9.17) is 9.47 Å². The molecular formula is C26H29NO2S. The van der Waals surface area contributed by atoms with Crippen LogP contribution in [0.25, 0.3) is 5.57 Å². The number of allylic oxidation sites excluding steroid dienone is 2. The molecule has 5 rings (SSSR count). The van der Waals surface area contributed by atoms with Crippen LogP contribution in [0.1, 0.15) is 42.7 Å². The predicted octanol–water partition coefficient (Wildman–Crippen LogP) is 5.74. The van der Waals surface area contributed by atoms with Gasteiger partial charge in [0.15, 0.2) is 5.06 Å². The van der Waals surface area contributed by atoms with Gasteiger partial charge >= 0.3 is 0 Å². The first kappa shape index (κ1) is 19.7. The fraction of sp³-hybridized carbons (Fsp3) is 0.385. The normalized spacial score (nSPS) is 26.4. The van der Waals surface area contributed by atoms with Crippen molar-refractivity contribution in [2.24, 2.45) is 5.92 Å². The second-order valence-corrected chi connectivity index (χ2v) is 10.2. The summed E-state index contributed by atoms with van der Waals surface area (Å²) in [5, 5.41) is 4.82. The molecule has 1 aromatic heterocycles. The number of hydrogen-bond acceptors (Lipinski definition) is 4. The number of nitrogens with one attached hydrogen (secondary N) is 1. The van der Waals surface area contributed by atoms with Crippen LogP contribution < -0.4 is 14.8 Å². The molecule has 0 saturated heterocycles. The standard InChI is InChI=1S/C26H29NO2S/c1-15-14-26(2,3)27-19-10-9-17-24-16(7-6-8-20(24)28-4)13-18(25(17)23(15)19)21-11-12-22(29-5)30-21/h6-12,14,18-19,23,27H,13H2,1-5H3. The molecule has 0 bridgehead atoms. The summed E-state index contributed by atoms with van der Waals surface area (Å²) in [6.07, 6.45) is 8.08. The van der Waals surface area contributed by atoms with Gasteiger partial charge in [-0.2, -0.15) is 0 Å². The van der Waals surface area contributed by atoms with Crippen LogP contribution in [0.2, 0.25) is 0 Å². The summed E-state index contributed by atoms with van der Waals surface area (Å²) in [4.78, 5) is 1.37. The van der Waals surface area contributed by atoms with E-state index >= 15 is 0 Å². The van der Waals surface area contributed by atoms with E-state index in [1.54, 1.807) is 25.6 Å². The summed E-state index contributed by atoms with van der Waals surface area (Å²) in [5.74, 6) is 1.67. The fourth-order valence-corrected chi connectivity index (χ4v) is 6.57. The summed E-state index contributed by atoms with van der Waals surface area (Å²) in [5.41, 5.74) is 6.93. The van der Waals surface area contributed by atoms with Crippen molar-refractivity contribution in [3.63, 3.8) is 0 Å². The molecule has 4 heteroatoms. The molecule has 2 heterocycles. The monoisotopic (exact) mass is 419 g/mol. The number of fused-ring (bicyclic) bond motifs is 4. The van der Waals surface area contributed by atoms with Crippen molar-refractivity contribution < 1.29 is 9.47 Å². The highest BCUT2D eigenvalue weighted by Crippen LogP contribution is 2.53. The first-order valence-corrected chi connectivity index (χ1v) is 11.4. The van der Waals surface area contributed by atoms with Crippen LogP contribution in [0.4, 0.5) is 0 Å². The molecule has 0 amide bonds. The smallest absolute Gasteiger partial charge is 0.173 e. The Morgan fingerprint density at radius 2 is 1.93 bits per heavy atom. The lowest BCUT2D eigenvalue weighted by Crippen LogP contribution is -2.53. The van der Waals surface area contributed by atoms with Gasteiger partial charge in [0.1, 0.15) is 5.75 Å². The van der Waals surface area contributed by atoms with Crippen molar-refractivity contribution in [2.75, 3.05) is 14.2 Å². The molecule has 0 fully saturated rings. The highest BCUT2D eigenvalue weighted by Gasteiger charge is 2.42. The van der Waals surface area contributed by atoms with Gasteiger partial charge in [0, 0.05) is 33.9 Å². The van der Waals surface area contributed by atoms with E-state index < -0.39 is 0 Å². The molecule has 2 aromatic rings. The zero-order valence-electron chi connectivity index (χ0n) is 18.3. The van der Waals surface area contributed by atoms with Gasteiger partial charge in [-0.05, 0) is 62.1 Å². The fourth-order valence-electron chi connectivity index (χ4n) is 5.63. The van der Waals surface area contributed by atoms with Crippen molar-refractivity contribution in [2.45, 2.75) is 44.7 Å². The minimum atomic E-state index is -0.000430. The largest absolute Gasteiger partial charge is 0.496 e. The Bertz CT molecular complexity index is 1090. The molecular weight excluding hydrogens is 390 g/mol. The Labute approximate surface area is 183 Å². The van der Waals surface area contributed by atoms with Gasteiger partial charge in [0.05, 0.1) is 14.2 Å². The Hall–Kier alpha value is -2.30. The number of ether oxygens (including phenoxy) is 2. The molecule has 0 radical (unpaired) electrons. The first-order valence-electron chi connectivity index (χ1n) is 10.6. The molecule has 2 aliphatic carbocycles. The van der Waals surface area contributed by atoms with Gasteiger partial charge in [-0.3, -0.25) is 0 Å². The van der Waals surface area contributed by atoms with Crippen molar-refractivity contribution in [1.29, 1.82) is 0 Å². The molecule has 1 N–H and O–H groups in total. The summed E-state index contributed by atoms with van der Waals surface area (Å²) in [6, 6.07) is 11.1. The maximum atomic E-state index is 5.80. The molecule has 30 heavy (non-hydrogen) atoms. The summed E-state index contributed by atoms with van der Waals surface area (Å²) >= 11 is 1.77. The zero-order chi connectivity index (χ0) is 21.0. The van der Waals surface area contributed by atoms with Crippen LogP contribution in [-0.2, 0) is 6.42 Å². The van der Waals surface area contributed by atoms with Crippen LogP contribution >= 0.6 is 11.3 Å². The van der Waals surface area contributed by atoms with Gasteiger partial charge in [-0.25, -0.2) is 0 Å². The molecule has 3 atom stereocenters. The lowest BCUT2D eigenvalue weighted by atomic mass is 9.65. The molecule has 1 aliphatic heterocycles. The average molecular weight is 420 g/mol. The van der Waals surface area contributed by atoms with E-state index in [-0.39, 0.29) is 5.54 Å². The van der Waals surface area contributed by atoms with Gasteiger partial charge in [0.2, 0.25) is 0 Å². The lowest BCUT2D eigenvalue weighted by Gasteiger charge is -2.46. The SMILES string of the molecule is COc1ccc(C2Cc3cccc(OC)c3C3=C2C2C(C)=CC(C)(C)NC2C=C3)s1. The topological polar surface area (TPSA) is 30.5 Å². The highest BCUT2D eigenvalue weighted by atomic mass is 32.1. The van der Waals surface area contributed by atoms with Crippen LogP contribution in [0.3, 0.4) is 0 Å². The molecule has 1 aromatic carbocycles. The third-order valence-electron chi connectivity index (χ3n) is 6.64. The quantitative estimate of drug-likeness (QED) is 0.644. The second kappa shape index (κ2) is 7.14. The molecule has 3 unspecified atom stereocenters. The van der Waals surface area contributed by atoms with Gasteiger partial charge < -0.3 is 14.8 Å². The summed E-state index contributed by atoms with van der Waals surface area (Å²) in [7, 11) is 3.53. The third kappa shape index (κ3) is 3.05. The number of methoxy groups -OCH3 is 2. The number of benzene rings is 1. The number of hydrogen-bond donors (Lipinski definition) is 1. The maximum absolute atomic E-state index is 5.80. The van der Waals surface area contributed by atoms with Gasteiger partial charge in [-0.1, -0.05) is 35.9 Å². The summed E-state index contributed by atoms with van der Waals surface area (Å²) in [6.45, 7) is 6.81. The minimum absolute atomic E-state index is 0.000430. The minimum Gasteiger partial charge on any atom is -0.496 e. The van der Waals surface area contributed by atoms with Crippen LogP contribution in [0.15, 0.2) is 59.7 Å². The first-order chi connectivity index (χ1) is 14.4. The molecule has 3 aliphatic rings. The van der Waals surface area contributed by atoms with E-state index in [2.05, 4.69) is 74.6 Å². The lowest BCUT2D eigenvalue weighted by molar-refractivity contribution is 0.350. The Balaban J connectivity index is 1.74. The highest BCUT2D eigenvalue weighted by molar-refractivity contribution is 7.13. The third-order valence-corrected chi connectivity index (χ3v) is 7.80. The van der Waals surface area contributed by atoms with E-state index in [0.717, 1.165) is 17.2 Å². The number of thiophene rings is 1. The van der Waals surface area contributed by atoms with Crippen LogP contribution in [0, 0.1) is 5.92 Å². The van der Waals surface area contributed by atoms with E-state index in [1.807, 2.05) is 0 Å². The van der Waals surface area contributed by atoms with E-state index in [1.165, 1.54) is 32.7 Å². The van der Waals surface area contributed by atoms with Crippen LogP contribution in [-0.4, -0.2) is 25.8 Å². The maximum Gasteiger partial charge on any atom is 0.173 e. The Kier molecular flexibility index (Phi) is 4.68.